The topological polar surface area (TPSA) is 24.1 Å². The summed E-state index contributed by atoms with van der Waals surface area (Å²) < 4.78 is 0. The van der Waals surface area contributed by atoms with E-state index in [0.29, 0.717) is 0 Å². The van der Waals surface area contributed by atoms with Crippen molar-refractivity contribution in [3.05, 3.63) is 22.4 Å². The van der Waals surface area contributed by atoms with Gasteiger partial charge in [-0.25, -0.2) is 0 Å². The Hall–Kier alpha value is -0.380. The van der Waals surface area contributed by atoms with Crippen molar-refractivity contribution in [3.8, 4) is 0 Å². The van der Waals surface area contributed by atoms with Crippen LogP contribution in [0, 0.1) is 0 Å². The lowest BCUT2D eigenvalue weighted by Crippen LogP contribution is -2.37. The highest BCUT2D eigenvalue weighted by molar-refractivity contribution is 7.09. The Bertz CT molecular complexity index is 288. The molecule has 0 aliphatic heterocycles. The third-order valence-corrected chi connectivity index (χ3v) is 3.73. The van der Waals surface area contributed by atoms with Crippen LogP contribution in [0.3, 0.4) is 0 Å². The molecule has 0 aliphatic rings. The van der Waals surface area contributed by atoms with E-state index in [1.165, 1.54) is 30.6 Å². The molecule has 0 radical (unpaired) electrons. The lowest BCUT2D eigenvalue weighted by atomic mass is 10.1. The number of rotatable bonds is 9. The van der Waals surface area contributed by atoms with Crippen LogP contribution in [0.4, 0.5) is 0 Å². The highest BCUT2D eigenvalue weighted by atomic mass is 32.1. The molecule has 0 bridgehead atoms. The SMILES string of the molecule is CC(C)(C)NCCCNCCCCc1cccs1. The number of thiophene rings is 1. The van der Waals surface area contributed by atoms with Crippen molar-refractivity contribution in [1.29, 1.82) is 0 Å². The summed E-state index contributed by atoms with van der Waals surface area (Å²) in [6, 6.07) is 4.37. The van der Waals surface area contributed by atoms with Crippen LogP contribution in [0.5, 0.6) is 0 Å². The van der Waals surface area contributed by atoms with Gasteiger partial charge in [-0.3, -0.25) is 0 Å². The summed E-state index contributed by atoms with van der Waals surface area (Å²) in [6.07, 6.45) is 5.03. The van der Waals surface area contributed by atoms with Crippen LogP contribution in [0.2, 0.25) is 0 Å². The molecule has 2 N–H and O–H groups in total. The Morgan fingerprint density at radius 2 is 1.83 bits per heavy atom. The van der Waals surface area contributed by atoms with Gasteiger partial charge in [0.1, 0.15) is 0 Å². The first-order valence-corrected chi connectivity index (χ1v) is 7.94. The number of aryl methyl sites for hydroxylation is 1. The summed E-state index contributed by atoms with van der Waals surface area (Å²) in [6.45, 7) is 10.0. The summed E-state index contributed by atoms with van der Waals surface area (Å²) >= 11 is 1.87. The van der Waals surface area contributed by atoms with Gasteiger partial charge in [-0.05, 0) is 77.5 Å². The normalized spacial score (nSPS) is 11.9. The first kappa shape index (κ1) is 15.7. The first-order chi connectivity index (χ1) is 8.58. The molecule has 1 rings (SSSR count). The maximum Gasteiger partial charge on any atom is 0.00965 e. The third kappa shape index (κ3) is 8.67. The highest BCUT2D eigenvalue weighted by Gasteiger charge is 2.06. The first-order valence-electron chi connectivity index (χ1n) is 7.06. The molecule has 18 heavy (non-hydrogen) atoms. The van der Waals surface area contributed by atoms with Gasteiger partial charge in [0.15, 0.2) is 0 Å². The zero-order chi connectivity index (χ0) is 13.3. The number of unbranched alkanes of at least 4 members (excludes halogenated alkanes) is 1. The Labute approximate surface area is 116 Å². The van der Waals surface area contributed by atoms with Crippen molar-refractivity contribution in [3.63, 3.8) is 0 Å². The predicted molar refractivity (Wildman–Crippen MR) is 82.5 cm³/mol. The van der Waals surface area contributed by atoms with Crippen LogP contribution < -0.4 is 10.6 Å². The molecule has 0 saturated heterocycles. The summed E-state index contributed by atoms with van der Waals surface area (Å²) in [5.41, 5.74) is 0.251. The zero-order valence-electron chi connectivity index (χ0n) is 12.1. The molecule has 1 aromatic rings. The van der Waals surface area contributed by atoms with Gasteiger partial charge < -0.3 is 10.6 Å². The molecule has 0 amide bonds. The van der Waals surface area contributed by atoms with Crippen molar-refractivity contribution in [2.24, 2.45) is 0 Å². The van der Waals surface area contributed by atoms with E-state index in [1.807, 2.05) is 11.3 Å². The lowest BCUT2D eigenvalue weighted by Gasteiger charge is -2.20. The minimum Gasteiger partial charge on any atom is -0.317 e. The molecule has 104 valence electrons. The molecular formula is C15H28N2S. The second kappa shape index (κ2) is 8.68. The molecule has 0 fully saturated rings. The van der Waals surface area contributed by atoms with Gasteiger partial charge >= 0.3 is 0 Å². The molecule has 0 unspecified atom stereocenters. The largest absolute Gasteiger partial charge is 0.317 e. The van der Waals surface area contributed by atoms with Gasteiger partial charge in [0.25, 0.3) is 0 Å². The summed E-state index contributed by atoms with van der Waals surface area (Å²) in [7, 11) is 0. The maximum absolute atomic E-state index is 3.52. The van der Waals surface area contributed by atoms with E-state index in [-0.39, 0.29) is 5.54 Å². The van der Waals surface area contributed by atoms with Crippen LogP contribution in [0.25, 0.3) is 0 Å². The van der Waals surface area contributed by atoms with Crippen molar-refractivity contribution in [1.82, 2.24) is 10.6 Å². The number of nitrogens with one attached hydrogen (secondary N) is 2. The fourth-order valence-electron chi connectivity index (χ4n) is 1.81. The Morgan fingerprint density at radius 3 is 2.50 bits per heavy atom. The Morgan fingerprint density at radius 1 is 1.06 bits per heavy atom. The zero-order valence-corrected chi connectivity index (χ0v) is 12.9. The van der Waals surface area contributed by atoms with Crippen molar-refractivity contribution in [2.45, 2.75) is 52.0 Å². The third-order valence-electron chi connectivity index (χ3n) is 2.79. The van der Waals surface area contributed by atoms with Crippen LogP contribution in [-0.2, 0) is 6.42 Å². The van der Waals surface area contributed by atoms with E-state index in [1.54, 1.807) is 0 Å². The van der Waals surface area contributed by atoms with Crippen LogP contribution in [0.1, 0.15) is 44.9 Å². The molecule has 2 nitrogen and oxygen atoms in total. The van der Waals surface area contributed by atoms with E-state index in [9.17, 15) is 0 Å². The molecular weight excluding hydrogens is 240 g/mol. The molecule has 0 spiro atoms. The second-order valence-corrected chi connectivity index (χ2v) is 6.85. The Balaban J connectivity index is 1.82. The van der Waals surface area contributed by atoms with Gasteiger partial charge in [0.2, 0.25) is 0 Å². The van der Waals surface area contributed by atoms with Gasteiger partial charge in [-0.15, -0.1) is 11.3 Å². The average Bonchev–Trinajstić information content (AvgIpc) is 2.78. The Kier molecular flexibility index (Phi) is 7.56. The van der Waals surface area contributed by atoms with Gasteiger partial charge in [0, 0.05) is 10.4 Å². The standard InChI is InChI=1S/C15H28N2S/c1-15(2,3)17-12-7-11-16-10-5-4-8-14-9-6-13-18-14/h6,9,13,16-17H,4-5,7-8,10-12H2,1-3H3. The van der Waals surface area contributed by atoms with E-state index in [4.69, 9.17) is 0 Å². The summed E-state index contributed by atoms with van der Waals surface area (Å²) in [5, 5.41) is 9.18. The minimum atomic E-state index is 0.251. The number of hydrogen-bond acceptors (Lipinski definition) is 3. The van der Waals surface area contributed by atoms with Crippen molar-refractivity contribution in [2.75, 3.05) is 19.6 Å². The van der Waals surface area contributed by atoms with Crippen molar-refractivity contribution >= 4 is 11.3 Å². The maximum atomic E-state index is 3.52. The highest BCUT2D eigenvalue weighted by Crippen LogP contribution is 2.11. The second-order valence-electron chi connectivity index (χ2n) is 5.82. The molecule has 0 aliphatic carbocycles. The number of hydrogen-bond donors (Lipinski definition) is 2. The quantitative estimate of drug-likeness (QED) is 0.670. The van der Waals surface area contributed by atoms with Crippen LogP contribution >= 0.6 is 11.3 Å². The van der Waals surface area contributed by atoms with E-state index < -0.39 is 0 Å². The molecule has 0 aromatic carbocycles. The minimum absolute atomic E-state index is 0.251. The lowest BCUT2D eigenvalue weighted by molar-refractivity contribution is 0.418. The van der Waals surface area contributed by atoms with Crippen LogP contribution in [0.15, 0.2) is 17.5 Å². The summed E-state index contributed by atoms with van der Waals surface area (Å²) in [4.78, 5) is 1.52. The monoisotopic (exact) mass is 268 g/mol. The van der Waals surface area contributed by atoms with Crippen molar-refractivity contribution < 1.29 is 0 Å². The molecule has 1 heterocycles. The fourth-order valence-corrected chi connectivity index (χ4v) is 2.56. The smallest absolute Gasteiger partial charge is 0.00965 e. The van der Waals surface area contributed by atoms with Gasteiger partial charge in [0.05, 0.1) is 0 Å². The van der Waals surface area contributed by atoms with E-state index >= 15 is 0 Å². The molecule has 3 heteroatoms. The van der Waals surface area contributed by atoms with Gasteiger partial charge in [-0.2, -0.15) is 0 Å². The average molecular weight is 268 g/mol. The predicted octanol–water partition coefficient (Wildman–Crippen LogP) is 3.44. The van der Waals surface area contributed by atoms with E-state index in [2.05, 4.69) is 48.9 Å². The van der Waals surface area contributed by atoms with Gasteiger partial charge in [-0.1, -0.05) is 6.07 Å². The fraction of sp³-hybridized carbons (Fsp3) is 0.733. The molecule has 0 saturated carbocycles. The van der Waals surface area contributed by atoms with Crippen LogP contribution in [-0.4, -0.2) is 25.2 Å². The molecule has 1 aromatic heterocycles. The summed E-state index contributed by atoms with van der Waals surface area (Å²) in [5.74, 6) is 0. The van der Waals surface area contributed by atoms with E-state index in [0.717, 1.165) is 19.6 Å². The molecule has 0 atom stereocenters.